The lowest BCUT2D eigenvalue weighted by molar-refractivity contribution is -0.141. The van der Waals surface area contributed by atoms with E-state index < -0.39 is 11.4 Å². The number of rotatable bonds is 11. The Bertz CT molecular complexity index is 595. The third-order valence-corrected chi connectivity index (χ3v) is 7.21. The molecule has 2 unspecified atom stereocenters. The lowest BCUT2D eigenvalue weighted by Gasteiger charge is -2.41. The summed E-state index contributed by atoms with van der Waals surface area (Å²) in [5.41, 5.74) is 0.944. The van der Waals surface area contributed by atoms with Gasteiger partial charge in [0.05, 0.1) is 31.1 Å². The molecule has 1 aliphatic carbocycles. The van der Waals surface area contributed by atoms with Gasteiger partial charge in [-0.25, -0.2) is 5.01 Å². The highest BCUT2D eigenvalue weighted by Crippen LogP contribution is 2.31. The van der Waals surface area contributed by atoms with Gasteiger partial charge < -0.3 is 18.9 Å². The van der Waals surface area contributed by atoms with Crippen LogP contribution < -0.4 is 10.6 Å². The second-order valence-electron chi connectivity index (χ2n) is 9.78. The van der Waals surface area contributed by atoms with Gasteiger partial charge in [-0.05, 0) is 62.9 Å². The zero-order chi connectivity index (χ0) is 23.7. The topological polar surface area (TPSA) is 103 Å². The van der Waals surface area contributed by atoms with Crippen molar-refractivity contribution in [1.29, 1.82) is 0 Å². The Morgan fingerprint density at radius 3 is 2.59 bits per heavy atom. The number of hydrogen-bond donors (Lipinski definition) is 2. The van der Waals surface area contributed by atoms with E-state index in [2.05, 4.69) is 18.6 Å². The lowest BCUT2D eigenvalue weighted by atomic mass is 9.80. The molecule has 1 heterocycles. The number of amides is 1. The fraction of sp³-hybridized carbons (Fsp3) is 0.870. The summed E-state index contributed by atoms with van der Waals surface area (Å²) in [5.74, 6) is 7.08. The SMILES string of the molecule is C/C(=C/OCC(=O)N1CCC[C@H](N[S+](C)[O-])C1COC1CCC(C(C)C)CC1)CN(C)N. The average molecular weight is 473 g/mol. The molecule has 1 aliphatic heterocycles. The van der Waals surface area contributed by atoms with Gasteiger partial charge in [0, 0.05) is 31.5 Å². The van der Waals surface area contributed by atoms with E-state index in [9.17, 15) is 9.35 Å². The molecule has 0 aromatic heterocycles. The fourth-order valence-electron chi connectivity index (χ4n) is 4.85. The van der Waals surface area contributed by atoms with Crippen LogP contribution in [0, 0.1) is 11.8 Å². The van der Waals surface area contributed by atoms with Crippen molar-refractivity contribution in [2.45, 2.75) is 77.5 Å². The van der Waals surface area contributed by atoms with Crippen LogP contribution in [0.2, 0.25) is 0 Å². The van der Waals surface area contributed by atoms with E-state index in [0.717, 1.165) is 43.1 Å². The molecular weight excluding hydrogens is 428 g/mol. The number of likely N-dealkylation sites (tertiary alicyclic amines) is 1. The van der Waals surface area contributed by atoms with Gasteiger partial charge in [0.1, 0.15) is 6.26 Å². The monoisotopic (exact) mass is 472 g/mol. The predicted molar refractivity (Wildman–Crippen MR) is 129 cm³/mol. The summed E-state index contributed by atoms with van der Waals surface area (Å²) in [7, 11) is 1.78. The first-order valence-electron chi connectivity index (χ1n) is 11.9. The quantitative estimate of drug-likeness (QED) is 0.206. The molecule has 3 N–H and O–H groups in total. The number of hydrazine groups is 1. The number of nitrogens with zero attached hydrogens (tertiary/aromatic N) is 2. The molecule has 0 spiro atoms. The Balaban J connectivity index is 1.95. The van der Waals surface area contributed by atoms with Gasteiger partial charge in [-0.1, -0.05) is 13.8 Å². The van der Waals surface area contributed by atoms with Crippen molar-refractivity contribution in [3.8, 4) is 0 Å². The molecule has 3 atom stereocenters. The molecule has 1 saturated carbocycles. The van der Waals surface area contributed by atoms with Crippen molar-refractivity contribution >= 4 is 17.3 Å². The summed E-state index contributed by atoms with van der Waals surface area (Å²) >= 11 is -1.15. The molecule has 1 amide bonds. The van der Waals surface area contributed by atoms with E-state index in [1.165, 1.54) is 12.8 Å². The predicted octanol–water partition coefficient (Wildman–Crippen LogP) is 2.19. The molecule has 2 aliphatic rings. The average Bonchev–Trinajstić information content (AvgIpc) is 2.71. The maximum atomic E-state index is 13.0. The largest absolute Gasteiger partial charge is 0.598 e. The Morgan fingerprint density at radius 2 is 2.00 bits per heavy atom. The van der Waals surface area contributed by atoms with Crippen LogP contribution in [0.15, 0.2) is 11.8 Å². The van der Waals surface area contributed by atoms with Crippen molar-refractivity contribution in [1.82, 2.24) is 14.6 Å². The number of likely N-dealkylation sites (N-methyl/N-ethyl adjacent to an activating group) is 1. The molecule has 0 aromatic rings. The fourth-order valence-corrected chi connectivity index (χ4v) is 5.55. The molecule has 0 bridgehead atoms. The van der Waals surface area contributed by atoms with Crippen molar-refractivity contribution in [3.63, 3.8) is 0 Å². The number of carbonyl (C=O) groups excluding carboxylic acids is 1. The zero-order valence-corrected chi connectivity index (χ0v) is 21.4. The number of nitrogens with two attached hydrogens (primary N) is 1. The van der Waals surface area contributed by atoms with Gasteiger partial charge in [0.25, 0.3) is 5.91 Å². The number of piperidine rings is 1. The molecule has 186 valence electrons. The summed E-state index contributed by atoms with van der Waals surface area (Å²) in [6.07, 6.45) is 9.77. The number of carbonyl (C=O) groups is 1. The van der Waals surface area contributed by atoms with Gasteiger partial charge in [-0.2, -0.15) is 0 Å². The van der Waals surface area contributed by atoms with Crippen molar-refractivity contribution < 1.29 is 18.8 Å². The molecule has 2 fully saturated rings. The maximum Gasteiger partial charge on any atom is 0.260 e. The summed E-state index contributed by atoms with van der Waals surface area (Å²) in [5, 5.41) is 1.56. The Morgan fingerprint density at radius 1 is 1.31 bits per heavy atom. The number of hydrogen-bond acceptors (Lipinski definition) is 7. The maximum absolute atomic E-state index is 13.0. The van der Waals surface area contributed by atoms with Gasteiger partial charge in [-0.3, -0.25) is 10.6 Å². The molecule has 9 heteroatoms. The third-order valence-electron chi connectivity index (χ3n) is 6.57. The standard InChI is InChI=1S/C23H44N4O4S/c1-17(2)19-8-10-20(11-9-19)31-15-22-21(25-32(5)29)7-6-12-27(22)23(28)16-30-14-18(3)13-26(4)24/h14,17,19-22,25H,6-13,15-16,24H2,1-5H3/b18-14-/t19?,20?,21-,22?,32?/m0/s1. The summed E-state index contributed by atoms with van der Waals surface area (Å²) in [6.45, 7) is 8.18. The zero-order valence-electron chi connectivity index (χ0n) is 20.5. The molecular formula is C23H44N4O4S. The first kappa shape index (κ1) is 27.4. The Labute approximate surface area is 197 Å². The van der Waals surface area contributed by atoms with Gasteiger partial charge >= 0.3 is 0 Å². The lowest BCUT2D eigenvalue weighted by Crippen LogP contribution is -2.59. The molecule has 1 saturated heterocycles. The minimum Gasteiger partial charge on any atom is -0.598 e. The van der Waals surface area contributed by atoms with Crippen molar-refractivity contribution in [2.24, 2.45) is 17.7 Å². The second-order valence-corrected chi connectivity index (χ2v) is 10.9. The highest BCUT2D eigenvalue weighted by Gasteiger charge is 2.37. The smallest absolute Gasteiger partial charge is 0.260 e. The van der Waals surface area contributed by atoms with Gasteiger partial charge in [0.15, 0.2) is 6.61 Å². The van der Waals surface area contributed by atoms with Gasteiger partial charge in [0.2, 0.25) is 0 Å². The van der Waals surface area contributed by atoms with Crippen LogP contribution in [0.3, 0.4) is 0 Å². The highest BCUT2D eigenvalue weighted by molar-refractivity contribution is 7.88. The number of nitrogens with one attached hydrogen (secondary N) is 1. The van der Waals surface area contributed by atoms with E-state index in [0.29, 0.717) is 19.7 Å². The van der Waals surface area contributed by atoms with Crippen LogP contribution in [0.1, 0.15) is 59.3 Å². The van der Waals surface area contributed by atoms with E-state index in [1.807, 2.05) is 11.8 Å². The minimum absolute atomic E-state index is 0.0242. The van der Waals surface area contributed by atoms with E-state index >= 15 is 0 Å². The van der Waals surface area contributed by atoms with E-state index in [4.69, 9.17) is 15.3 Å². The normalized spacial score (nSPS) is 28.3. The first-order chi connectivity index (χ1) is 15.2. The van der Waals surface area contributed by atoms with E-state index in [-0.39, 0.29) is 30.7 Å². The van der Waals surface area contributed by atoms with Crippen LogP contribution in [-0.2, 0) is 25.6 Å². The molecule has 0 radical (unpaired) electrons. The summed E-state index contributed by atoms with van der Waals surface area (Å²) < 4.78 is 26.9. The highest BCUT2D eigenvalue weighted by atomic mass is 32.2. The molecule has 32 heavy (non-hydrogen) atoms. The van der Waals surface area contributed by atoms with Crippen LogP contribution in [0.5, 0.6) is 0 Å². The molecule has 0 aromatic carbocycles. The van der Waals surface area contributed by atoms with Crippen LogP contribution in [0.25, 0.3) is 0 Å². The van der Waals surface area contributed by atoms with Crippen LogP contribution in [-0.4, -0.2) is 78.2 Å². The van der Waals surface area contributed by atoms with Crippen molar-refractivity contribution in [3.05, 3.63) is 11.8 Å². The molecule has 2 rings (SSSR count). The Kier molecular flexibility index (Phi) is 11.8. The minimum atomic E-state index is -1.15. The van der Waals surface area contributed by atoms with Gasteiger partial charge in [-0.15, -0.1) is 4.72 Å². The summed E-state index contributed by atoms with van der Waals surface area (Å²) in [6, 6.07) is -0.194. The van der Waals surface area contributed by atoms with Crippen molar-refractivity contribution in [2.75, 3.05) is 39.6 Å². The molecule has 8 nitrogen and oxygen atoms in total. The van der Waals surface area contributed by atoms with E-state index in [1.54, 1.807) is 24.6 Å². The Hall–Kier alpha value is -0.840. The third kappa shape index (κ3) is 9.19. The first-order valence-corrected chi connectivity index (χ1v) is 13.5. The summed E-state index contributed by atoms with van der Waals surface area (Å²) in [4.78, 5) is 14.8. The number of ether oxygens (including phenoxy) is 2. The van der Waals surface area contributed by atoms with Crippen LogP contribution >= 0.6 is 0 Å². The van der Waals surface area contributed by atoms with Crippen LogP contribution in [0.4, 0.5) is 0 Å². The second kappa shape index (κ2) is 13.8.